The first-order valence-electron chi connectivity index (χ1n) is 5.74. The normalized spacial score (nSPS) is 13.1. The van der Waals surface area contributed by atoms with E-state index in [1.165, 1.54) is 6.42 Å². The molecule has 0 aliphatic heterocycles. The Kier molecular flexibility index (Phi) is 5.23. The van der Waals surface area contributed by atoms with E-state index >= 15 is 0 Å². The lowest BCUT2D eigenvalue weighted by Crippen LogP contribution is -2.04. The maximum absolute atomic E-state index is 12.0. The standard InChI is InChI=1S/C10H10F2O.C3H8/c11-10(12)13-9-6-2-4-7-3-1-5-8(7)9;1-3-2/h2,4,6,10H,1,3,5H2;3H2,1-2H3. The highest BCUT2D eigenvalue weighted by Gasteiger charge is 2.17. The van der Waals surface area contributed by atoms with Gasteiger partial charge in [-0.15, -0.1) is 0 Å². The SMILES string of the molecule is CCC.FC(F)Oc1cccc2c1CCC2. The van der Waals surface area contributed by atoms with Gasteiger partial charge in [-0.05, 0) is 36.5 Å². The zero-order chi connectivity index (χ0) is 12.0. The van der Waals surface area contributed by atoms with Crippen LogP contribution in [0.4, 0.5) is 8.78 Å². The molecule has 0 unspecified atom stereocenters. The fourth-order valence-electron chi connectivity index (χ4n) is 1.79. The number of benzene rings is 1. The molecule has 0 aromatic heterocycles. The smallest absolute Gasteiger partial charge is 0.387 e. The maximum atomic E-state index is 12.0. The van der Waals surface area contributed by atoms with Gasteiger partial charge in [0.15, 0.2) is 0 Å². The summed E-state index contributed by atoms with van der Waals surface area (Å²) in [5.74, 6) is 0.352. The average Bonchev–Trinajstić information content (AvgIpc) is 2.67. The topological polar surface area (TPSA) is 9.23 Å². The number of alkyl halides is 2. The molecule has 0 bridgehead atoms. The molecular weight excluding hydrogens is 210 g/mol. The van der Waals surface area contributed by atoms with E-state index in [2.05, 4.69) is 18.6 Å². The molecule has 3 heteroatoms. The molecule has 1 nitrogen and oxygen atoms in total. The molecule has 0 N–H and O–H groups in total. The van der Waals surface area contributed by atoms with Crippen molar-refractivity contribution in [1.82, 2.24) is 0 Å². The van der Waals surface area contributed by atoms with Crippen molar-refractivity contribution < 1.29 is 13.5 Å². The minimum atomic E-state index is -2.72. The Balaban J connectivity index is 0.000000386. The molecule has 1 aromatic carbocycles. The minimum absolute atomic E-state index is 0.352. The van der Waals surface area contributed by atoms with Crippen molar-refractivity contribution in [2.75, 3.05) is 0 Å². The Morgan fingerprint density at radius 3 is 2.56 bits per heavy atom. The van der Waals surface area contributed by atoms with Crippen molar-refractivity contribution in [3.63, 3.8) is 0 Å². The third-order valence-corrected chi connectivity index (χ3v) is 2.32. The molecule has 0 saturated carbocycles. The first-order chi connectivity index (χ1) is 7.69. The van der Waals surface area contributed by atoms with Gasteiger partial charge in [0, 0.05) is 0 Å². The van der Waals surface area contributed by atoms with Crippen molar-refractivity contribution in [1.29, 1.82) is 0 Å². The van der Waals surface area contributed by atoms with Gasteiger partial charge < -0.3 is 4.74 Å². The first-order valence-corrected chi connectivity index (χ1v) is 5.74. The fourth-order valence-corrected chi connectivity index (χ4v) is 1.79. The van der Waals surface area contributed by atoms with E-state index in [4.69, 9.17) is 0 Å². The highest BCUT2D eigenvalue weighted by Crippen LogP contribution is 2.31. The summed E-state index contributed by atoms with van der Waals surface area (Å²) in [6.07, 6.45) is 4.13. The van der Waals surface area contributed by atoms with Crippen molar-refractivity contribution in [3.05, 3.63) is 29.3 Å². The van der Waals surface area contributed by atoms with E-state index < -0.39 is 6.61 Å². The Bertz CT molecular complexity index is 324. The van der Waals surface area contributed by atoms with Gasteiger partial charge in [0.2, 0.25) is 0 Å². The molecule has 90 valence electrons. The molecule has 0 fully saturated rings. The Morgan fingerprint density at radius 1 is 1.25 bits per heavy atom. The molecule has 2 rings (SSSR count). The third-order valence-electron chi connectivity index (χ3n) is 2.32. The summed E-state index contributed by atoms with van der Waals surface area (Å²) < 4.78 is 28.4. The molecular formula is C13H18F2O. The van der Waals surface area contributed by atoms with E-state index in [9.17, 15) is 8.78 Å². The molecule has 0 spiro atoms. The Morgan fingerprint density at radius 2 is 1.94 bits per heavy atom. The van der Waals surface area contributed by atoms with E-state index in [-0.39, 0.29) is 0 Å². The van der Waals surface area contributed by atoms with E-state index in [0.29, 0.717) is 5.75 Å². The number of fused-ring (bicyclic) bond motifs is 1. The van der Waals surface area contributed by atoms with Crippen LogP contribution < -0.4 is 4.74 Å². The van der Waals surface area contributed by atoms with Gasteiger partial charge in [-0.2, -0.15) is 8.78 Å². The Labute approximate surface area is 95.4 Å². The van der Waals surface area contributed by atoms with Gasteiger partial charge in [-0.3, -0.25) is 0 Å². The van der Waals surface area contributed by atoms with Gasteiger partial charge in [0.1, 0.15) is 5.75 Å². The maximum Gasteiger partial charge on any atom is 0.387 e. The summed E-state index contributed by atoms with van der Waals surface area (Å²) in [5.41, 5.74) is 2.11. The summed E-state index contributed by atoms with van der Waals surface area (Å²) in [4.78, 5) is 0. The van der Waals surface area contributed by atoms with Crippen molar-refractivity contribution >= 4 is 0 Å². The van der Waals surface area contributed by atoms with Crippen LogP contribution in [0.25, 0.3) is 0 Å². The monoisotopic (exact) mass is 228 g/mol. The molecule has 0 radical (unpaired) electrons. The van der Waals surface area contributed by atoms with Gasteiger partial charge in [-0.25, -0.2) is 0 Å². The molecule has 1 aromatic rings. The second kappa shape index (κ2) is 6.46. The van der Waals surface area contributed by atoms with E-state index in [1.54, 1.807) is 12.1 Å². The number of ether oxygens (including phenoxy) is 1. The van der Waals surface area contributed by atoms with E-state index in [1.807, 2.05) is 6.07 Å². The number of halogens is 2. The van der Waals surface area contributed by atoms with Crippen LogP contribution in [0.2, 0.25) is 0 Å². The minimum Gasteiger partial charge on any atom is -0.435 e. The van der Waals surface area contributed by atoms with Crippen LogP contribution in [-0.2, 0) is 12.8 Å². The largest absolute Gasteiger partial charge is 0.435 e. The van der Waals surface area contributed by atoms with Crippen molar-refractivity contribution in [3.8, 4) is 5.75 Å². The first kappa shape index (κ1) is 12.9. The van der Waals surface area contributed by atoms with Crippen LogP contribution in [-0.4, -0.2) is 6.61 Å². The number of hydrogen-bond donors (Lipinski definition) is 0. The van der Waals surface area contributed by atoms with E-state index in [0.717, 1.165) is 30.4 Å². The van der Waals surface area contributed by atoms with Crippen molar-refractivity contribution in [2.45, 2.75) is 46.1 Å². The van der Waals surface area contributed by atoms with Crippen LogP contribution in [0.3, 0.4) is 0 Å². The second-order valence-electron chi connectivity index (χ2n) is 3.83. The second-order valence-corrected chi connectivity index (χ2v) is 3.83. The summed E-state index contributed by atoms with van der Waals surface area (Å²) >= 11 is 0. The molecule has 16 heavy (non-hydrogen) atoms. The highest BCUT2D eigenvalue weighted by molar-refractivity contribution is 5.42. The van der Waals surface area contributed by atoms with Crippen LogP contribution in [0.5, 0.6) is 5.75 Å². The van der Waals surface area contributed by atoms with Gasteiger partial charge in [0.05, 0.1) is 0 Å². The molecule has 0 saturated heterocycles. The molecule has 0 atom stereocenters. The van der Waals surface area contributed by atoms with Crippen LogP contribution in [0.1, 0.15) is 37.8 Å². The lowest BCUT2D eigenvalue weighted by atomic mass is 10.1. The quantitative estimate of drug-likeness (QED) is 0.737. The average molecular weight is 228 g/mol. The predicted molar refractivity (Wildman–Crippen MR) is 61.1 cm³/mol. The summed E-state index contributed by atoms with van der Waals surface area (Å²) in [5, 5.41) is 0. The zero-order valence-corrected chi connectivity index (χ0v) is 9.80. The molecule has 0 heterocycles. The summed E-state index contributed by atoms with van der Waals surface area (Å²) in [6.45, 7) is 1.53. The van der Waals surface area contributed by atoms with Crippen LogP contribution >= 0.6 is 0 Å². The number of hydrogen-bond acceptors (Lipinski definition) is 1. The lowest BCUT2D eigenvalue weighted by Gasteiger charge is -2.08. The van der Waals surface area contributed by atoms with Crippen LogP contribution in [0, 0.1) is 0 Å². The summed E-state index contributed by atoms with van der Waals surface area (Å²) in [6, 6.07) is 5.35. The zero-order valence-electron chi connectivity index (χ0n) is 9.80. The Hall–Kier alpha value is -1.12. The van der Waals surface area contributed by atoms with Gasteiger partial charge >= 0.3 is 6.61 Å². The molecule has 1 aliphatic carbocycles. The fraction of sp³-hybridized carbons (Fsp3) is 0.538. The van der Waals surface area contributed by atoms with Crippen molar-refractivity contribution in [2.24, 2.45) is 0 Å². The predicted octanol–water partition coefficient (Wildman–Crippen LogP) is 4.19. The van der Waals surface area contributed by atoms with Gasteiger partial charge in [-0.1, -0.05) is 32.4 Å². The number of aryl methyl sites for hydroxylation is 1. The molecule has 0 amide bonds. The van der Waals surface area contributed by atoms with Gasteiger partial charge in [0.25, 0.3) is 0 Å². The molecule has 1 aliphatic rings. The lowest BCUT2D eigenvalue weighted by molar-refractivity contribution is -0.0503. The summed E-state index contributed by atoms with van der Waals surface area (Å²) in [7, 11) is 0. The third kappa shape index (κ3) is 3.47. The van der Waals surface area contributed by atoms with Crippen LogP contribution in [0.15, 0.2) is 18.2 Å². The highest BCUT2D eigenvalue weighted by atomic mass is 19.3. The number of rotatable bonds is 2.